The van der Waals surface area contributed by atoms with Gasteiger partial charge in [-0.3, -0.25) is 9.59 Å². The fourth-order valence-electron chi connectivity index (χ4n) is 2.90. The Balaban J connectivity index is 2.09. The summed E-state index contributed by atoms with van der Waals surface area (Å²) < 4.78 is 0. The summed E-state index contributed by atoms with van der Waals surface area (Å²) in [5.41, 5.74) is 4.31. The normalized spacial score (nSPS) is 12.0. The lowest BCUT2D eigenvalue weighted by atomic mass is 10.00. The molecule has 2 rings (SSSR count). The Morgan fingerprint density at radius 1 is 1.07 bits per heavy atom. The van der Waals surface area contributed by atoms with Gasteiger partial charge in [0.05, 0.1) is 17.3 Å². The molecule has 0 radical (unpaired) electrons. The maximum absolute atomic E-state index is 12.3. The Morgan fingerprint density at radius 2 is 1.69 bits per heavy atom. The summed E-state index contributed by atoms with van der Waals surface area (Å²) in [6, 6.07) is 12.9. The van der Waals surface area contributed by atoms with Crippen LogP contribution in [0.3, 0.4) is 0 Å². The molecule has 2 N–H and O–H groups in total. The number of hydrogen-bond donors (Lipinski definition) is 2. The molecule has 152 valence electrons. The second kappa shape index (κ2) is 10.3. The third-order valence-electron chi connectivity index (χ3n) is 4.55. The van der Waals surface area contributed by atoms with Crippen LogP contribution in [0.15, 0.2) is 65.3 Å². The molecular weight excluding hydrogens is 364 g/mol. The molecule has 0 heterocycles. The monoisotopic (exact) mass is 392 g/mol. The van der Waals surface area contributed by atoms with Crippen molar-refractivity contribution in [3.05, 3.63) is 60.7 Å². The molecule has 0 saturated carbocycles. The predicted octanol–water partition coefficient (Wildman–Crippen LogP) is 5.99. The van der Waals surface area contributed by atoms with Crippen molar-refractivity contribution in [3.63, 3.8) is 0 Å². The minimum Gasteiger partial charge on any atom is -0.388 e. The van der Waals surface area contributed by atoms with Gasteiger partial charge in [-0.05, 0) is 67.3 Å². The Hall–Kier alpha value is -3.28. The van der Waals surface area contributed by atoms with Crippen LogP contribution < -0.4 is 10.6 Å². The lowest BCUT2D eigenvalue weighted by Gasteiger charge is -2.12. The molecule has 2 aromatic rings. The number of amides is 1. The summed E-state index contributed by atoms with van der Waals surface area (Å²) in [5, 5.41) is 14.5. The molecule has 6 heteroatoms. The molecule has 0 saturated heterocycles. The van der Waals surface area contributed by atoms with Gasteiger partial charge in [-0.2, -0.15) is 10.2 Å². The number of ketones is 1. The number of carbonyl (C=O) groups excluding carboxylic acids is 2. The summed E-state index contributed by atoms with van der Waals surface area (Å²) in [4.78, 5) is 23.9. The number of carbonyl (C=O) groups is 2. The van der Waals surface area contributed by atoms with Gasteiger partial charge in [0.1, 0.15) is 5.78 Å². The van der Waals surface area contributed by atoms with E-state index in [0.29, 0.717) is 23.7 Å². The fourth-order valence-corrected chi connectivity index (χ4v) is 2.90. The van der Waals surface area contributed by atoms with Gasteiger partial charge in [-0.1, -0.05) is 19.9 Å². The van der Waals surface area contributed by atoms with E-state index in [9.17, 15) is 9.59 Å². The summed E-state index contributed by atoms with van der Waals surface area (Å²) >= 11 is 0. The van der Waals surface area contributed by atoms with E-state index < -0.39 is 5.92 Å². The number of benzene rings is 2. The van der Waals surface area contributed by atoms with Gasteiger partial charge < -0.3 is 10.6 Å². The Labute approximate surface area is 172 Å². The van der Waals surface area contributed by atoms with Gasteiger partial charge in [-0.25, -0.2) is 0 Å². The lowest BCUT2D eigenvalue weighted by molar-refractivity contribution is -0.129. The Kier molecular flexibility index (Phi) is 7.83. The van der Waals surface area contributed by atoms with E-state index in [1.54, 1.807) is 30.3 Å². The van der Waals surface area contributed by atoms with Crippen molar-refractivity contribution in [1.29, 1.82) is 0 Å². The van der Waals surface area contributed by atoms with E-state index >= 15 is 0 Å². The van der Waals surface area contributed by atoms with E-state index in [0.717, 1.165) is 11.4 Å². The number of Topliss-reactive ketones (excluding diaryl/α,β-unsaturated/α-hetero) is 1. The number of anilines is 2. The SMILES string of the molecule is C=CCC(C(C)=O)C(=O)Nc1ccc(N=Nc2ccc(NC)c(C(C)C)c2)cc1. The van der Waals surface area contributed by atoms with Crippen LogP contribution in [0.25, 0.3) is 0 Å². The maximum Gasteiger partial charge on any atom is 0.235 e. The molecule has 0 fully saturated rings. The second-order valence-corrected chi connectivity index (χ2v) is 7.10. The van der Waals surface area contributed by atoms with Crippen LogP contribution in [-0.4, -0.2) is 18.7 Å². The fraction of sp³-hybridized carbons (Fsp3) is 0.304. The molecule has 1 atom stereocenters. The standard InChI is InChI=1S/C23H28N4O2/c1-6-7-20(16(4)28)23(29)25-17-8-10-18(11-9-17)26-27-19-12-13-22(24-5)21(14-19)15(2)3/h6,8-15,20,24H,1,7H2,2-5H3,(H,25,29). The molecule has 0 aromatic heterocycles. The molecule has 1 amide bonds. The van der Waals surface area contributed by atoms with Crippen LogP contribution in [-0.2, 0) is 9.59 Å². The largest absolute Gasteiger partial charge is 0.388 e. The number of azo groups is 1. The van der Waals surface area contributed by atoms with Crippen molar-refractivity contribution < 1.29 is 9.59 Å². The van der Waals surface area contributed by atoms with Gasteiger partial charge in [-0.15, -0.1) is 6.58 Å². The van der Waals surface area contributed by atoms with Crippen molar-refractivity contribution >= 4 is 34.4 Å². The lowest BCUT2D eigenvalue weighted by Crippen LogP contribution is -2.27. The van der Waals surface area contributed by atoms with Crippen molar-refractivity contribution in [1.82, 2.24) is 0 Å². The topological polar surface area (TPSA) is 82.9 Å². The first-order valence-electron chi connectivity index (χ1n) is 9.61. The first kappa shape index (κ1) is 22.0. The van der Waals surface area contributed by atoms with Crippen molar-refractivity contribution in [3.8, 4) is 0 Å². The molecule has 29 heavy (non-hydrogen) atoms. The third kappa shape index (κ3) is 6.10. The van der Waals surface area contributed by atoms with E-state index in [2.05, 4.69) is 41.3 Å². The van der Waals surface area contributed by atoms with E-state index in [4.69, 9.17) is 0 Å². The number of rotatable bonds is 9. The summed E-state index contributed by atoms with van der Waals surface area (Å²) in [6.45, 7) is 9.27. The zero-order valence-corrected chi connectivity index (χ0v) is 17.4. The van der Waals surface area contributed by atoms with E-state index in [1.807, 2.05) is 25.2 Å². The highest BCUT2D eigenvalue weighted by Crippen LogP contribution is 2.29. The van der Waals surface area contributed by atoms with Gasteiger partial charge in [0, 0.05) is 18.4 Å². The van der Waals surface area contributed by atoms with Gasteiger partial charge in [0.15, 0.2) is 0 Å². The average molecular weight is 393 g/mol. The number of hydrogen-bond acceptors (Lipinski definition) is 5. The van der Waals surface area contributed by atoms with Crippen LogP contribution in [0.5, 0.6) is 0 Å². The van der Waals surface area contributed by atoms with Crippen molar-refractivity contribution in [2.24, 2.45) is 16.1 Å². The van der Waals surface area contributed by atoms with Crippen LogP contribution in [0.4, 0.5) is 22.7 Å². The van der Waals surface area contributed by atoms with Gasteiger partial charge in [0.25, 0.3) is 0 Å². The minimum atomic E-state index is -0.720. The molecule has 6 nitrogen and oxygen atoms in total. The van der Waals surface area contributed by atoms with Crippen molar-refractivity contribution in [2.75, 3.05) is 17.7 Å². The number of nitrogens with zero attached hydrogens (tertiary/aromatic N) is 2. The maximum atomic E-state index is 12.3. The highest BCUT2D eigenvalue weighted by atomic mass is 16.2. The Bertz CT molecular complexity index is 902. The zero-order valence-electron chi connectivity index (χ0n) is 17.4. The molecule has 0 aliphatic rings. The molecule has 0 aliphatic heterocycles. The smallest absolute Gasteiger partial charge is 0.235 e. The second-order valence-electron chi connectivity index (χ2n) is 7.10. The average Bonchev–Trinajstić information content (AvgIpc) is 2.70. The highest BCUT2D eigenvalue weighted by molar-refractivity contribution is 6.06. The van der Waals surface area contributed by atoms with Gasteiger partial charge in [0.2, 0.25) is 5.91 Å². The van der Waals surface area contributed by atoms with E-state index in [-0.39, 0.29) is 11.7 Å². The first-order valence-corrected chi connectivity index (χ1v) is 9.61. The Morgan fingerprint density at radius 3 is 2.24 bits per heavy atom. The quantitative estimate of drug-likeness (QED) is 0.312. The third-order valence-corrected chi connectivity index (χ3v) is 4.55. The summed E-state index contributed by atoms with van der Waals surface area (Å²) in [7, 11) is 1.90. The minimum absolute atomic E-state index is 0.183. The number of allylic oxidation sites excluding steroid dienone is 1. The molecular formula is C23H28N4O2. The van der Waals surface area contributed by atoms with Crippen LogP contribution in [0, 0.1) is 5.92 Å². The molecule has 1 unspecified atom stereocenters. The van der Waals surface area contributed by atoms with Crippen LogP contribution >= 0.6 is 0 Å². The van der Waals surface area contributed by atoms with Crippen molar-refractivity contribution in [2.45, 2.75) is 33.1 Å². The van der Waals surface area contributed by atoms with Gasteiger partial charge >= 0.3 is 0 Å². The highest BCUT2D eigenvalue weighted by Gasteiger charge is 2.21. The first-order chi connectivity index (χ1) is 13.8. The molecule has 0 spiro atoms. The molecule has 0 bridgehead atoms. The summed E-state index contributed by atoms with van der Waals surface area (Å²) in [5.74, 6) is -0.867. The summed E-state index contributed by atoms with van der Waals surface area (Å²) in [6.07, 6.45) is 1.89. The molecule has 2 aromatic carbocycles. The number of nitrogens with one attached hydrogen (secondary N) is 2. The zero-order chi connectivity index (χ0) is 21.4. The van der Waals surface area contributed by atoms with Crippen LogP contribution in [0.2, 0.25) is 0 Å². The van der Waals surface area contributed by atoms with Crippen LogP contribution in [0.1, 0.15) is 38.7 Å². The van der Waals surface area contributed by atoms with E-state index in [1.165, 1.54) is 12.5 Å². The molecule has 0 aliphatic carbocycles. The predicted molar refractivity (Wildman–Crippen MR) is 118 cm³/mol.